The van der Waals surface area contributed by atoms with Crippen LogP contribution in [-0.2, 0) is 0 Å². The van der Waals surface area contributed by atoms with Crippen molar-refractivity contribution in [2.75, 3.05) is 0 Å². The summed E-state index contributed by atoms with van der Waals surface area (Å²) >= 11 is 0. The standard InChI is InChI=1S/C20H38/c1-14-11-12-20(8)15(13-14)9-10-16(18(2,3)4)17(20)19(5,6)7/h14-17H,9-13H2,1-8H3/t14?,15?,16?,17?,20-/m0/s1. The van der Waals surface area contributed by atoms with Gasteiger partial charge in [0.05, 0.1) is 0 Å². The largest absolute Gasteiger partial charge is 0.0625 e. The van der Waals surface area contributed by atoms with E-state index in [9.17, 15) is 0 Å². The van der Waals surface area contributed by atoms with Crippen LogP contribution >= 0.6 is 0 Å². The highest BCUT2D eigenvalue weighted by Crippen LogP contribution is 2.63. The molecule has 2 aliphatic rings. The van der Waals surface area contributed by atoms with E-state index in [0.29, 0.717) is 16.2 Å². The van der Waals surface area contributed by atoms with E-state index in [4.69, 9.17) is 0 Å². The Labute approximate surface area is 128 Å². The fourth-order valence-corrected chi connectivity index (χ4v) is 6.02. The molecule has 0 aromatic carbocycles. The molecule has 0 aliphatic heterocycles. The van der Waals surface area contributed by atoms with Crippen LogP contribution in [0.3, 0.4) is 0 Å². The summed E-state index contributed by atoms with van der Waals surface area (Å²) in [6.45, 7) is 20.1. The van der Waals surface area contributed by atoms with Crippen molar-refractivity contribution >= 4 is 0 Å². The summed E-state index contributed by atoms with van der Waals surface area (Å²) in [4.78, 5) is 0. The second kappa shape index (κ2) is 5.03. The number of hydrogen-bond donors (Lipinski definition) is 0. The van der Waals surface area contributed by atoms with E-state index in [-0.39, 0.29) is 0 Å². The summed E-state index contributed by atoms with van der Waals surface area (Å²) in [6.07, 6.45) is 7.34. The third kappa shape index (κ3) is 2.81. The van der Waals surface area contributed by atoms with Crippen LogP contribution in [0.1, 0.15) is 87.5 Å². The number of rotatable bonds is 0. The van der Waals surface area contributed by atoms with Crippen molar-refractivity contribution in [1.29, 1.82) is 0 Å². The van der Waals surface area contributed by atoms with Gasteiger partial charge in [-0.1, -0.05) is 61.8 Å². The molecule has 118 valence electrons. The Morgan fingerprint density at radius 3 is 1.95 bits per heavy atom. The van der Waals surface area contributed by atoms with Gasteiger partial charge in [0.2, 0.25) is 0 Å². The first-order chi connectivity index (χ1) is 8.96. The molecule has 0 amide bonds. The monoisotopic (exact) mass is 278 g/mol. The summed E-state index contributed by atoms with van der Waals surface area (Å²) < 4.78 is 0. The molecular formula is C20H38. The lowest BCUT2D eigenvalue weighted by atomic mass is 9.44. The van der Waals surface area contributed by atoms with Crippen LogP contribution in [0.15, 0.2) is 0 Å². The average Bonchev–Trinajstić information content (AvgIpc) is 2.25. The van der Waals surface area contributed by atoms with E-state index in [1.807, 2.05) is 0 Å². The maximum atomic E-state index is 2.65. The van der Waals surface area contributed by atoms with Crippen LogP contribution in [0.4, 0.5) is 0 Å². The zero-order chi connectivity index (χ0) is 15.3. The summed E-state index contributed by atoms with van der Waals surface area (Å²) in [5.74, 6) is 3.70. The Hall–Kier alpha value is 0. The van der Waals surface area contributed by atoms with E-state index < -0.39 is 0 Å². The molecule has 0 heterocycles. The van der Waals surface area contributed by atoms with Crippen LogP contribution in [0, 0.1) is 39.9 Å². The smallest absolute Gasteiger partial charge is 0.0261 e. The topological polar surface area (TPSA) is 0 Å². The van der Waals surface area contributed by atoms with Crippen molar-refractivity contribution in [1.82, 2.24) is 0 Å². The van der Waals surface area contributed by atoms with Gasteiger partial charge >= 0.3 is 0 Å². The number of hydrogen-bond acceptors (Lipinski definition) is 0. The molecule has 0 aromatic rings. The van der Waals surface area contributed by atoms with Crippen LogP contribution < -0.4 is 0 Å². The lowest BCUT2D eigenvalue weighted by Crippen LogP contribution is -2.54. The summed E-state index contributed by atoms with van der Waals surface area (Å²) in [5.41, 5.74) is 1.47. The highest BCUT2D eigenvalue weighted by Gasteiger charge is 2.55. The highest BCUT2D eigenvalue weighted by atomic mass is 14.6. The molecule has 0 aromatic heterocycles. The van der Waals surface area contributed by atoms with Crippen LogP contribution in [-0.4, -0.2) is 0 Å². The normalized spacial score (nSPS) is 43.2. The molecule has 2 aliphatic carbocycles. The summed E-state index contributed by atoms with van der Waals surface area (Å²) in [6, 6.07) is 0. The lowest BCUT2D eigenvalue weighted by Gasteiger charge is -2.61. The van der Waals surface area contributed by atoms with E-state index in [1.54, 1.807) is 0 Å². The average molecular weight is 279 g/mol. The molecule has 5 atom stereocenters. The first-order valence-corrected chi connectivity index (χ1v) is 8.96. The second-order valence-corrected chi connectivity index (χ2v) is 10.5. The maximum absolute atomic E-state index is 2.65. The Kier molecular flexibility index (Phi) is 4.11. The van der Waals surface area contributed by atoms with Gasteiger partial charge in [0.25, 0.3) is 0 Å². The molecule has 0 heteroatoms. The Morgan fingerprint density at radius 2 is 1.45 bits per heavy atom. The quantitative estimate of drug-likeness (QED) is 0.471. The Balaban J connectivity index is 2.39. The number of fused-ring (bicyclic) bond motifs is 1. The Morgan fingerprint density at radius 1 is 0.850 bits per heavy atom. The van der Waals surface area contributed by atoms with Gasteiger partial charge in [0, 0.05) is 0 Å². The predicted octanol–water partition coefficient (Wildman–Crippen LogP) is 6.55. The maximum Gasteiger partial charge on any atom is -0.0261 e. The fourth-order valence-electron chi connectivity index (χ4n) is 6.02. The van der Waals surface area contributed by atoms with Crippen molar-refractivity contribution in [3.05, 3.63) is 0 Å². The molecule has 20 heavy (non-hydrogen) atoms. The molecule has 0 radical (unpaired) electrons. The molecular weight excluding hydrogens is 240 g/mol. The third-order valence-corrected chi connectivity index (χ3v) is 6.78. The van der Waals surface area contributed by atoms with E-state index in [1.165, 1.54) is 32.1 Å². The van der Waals surface area contributed by atoms with Crippen molar-refractivity contribution in [2.24, 2.45) is 39.9 Å². The first-order valence-electron chi connectivity index (χ1n) is 8.96. The third-order valence-electron chi connectivity index (χ3n) is 6.78. The summed E-state index contributed by atoms with van der Waals surface area (Å²) in [5, 5.41) is 0. The molecule has 0 bridgehead atoms. The minimum absolute atomic E-state index is 0.436. The van der Waals surface area contributed by atoms with Gasteiger partial charge in [-0.25, -0.2) is 0 Å². The van der Waals surface area contributed by atoms with Gasteiger partial charge in [-0.3, -0.25) is 0 Å². The van der Waals surface area contributed by atoms with Gasteiger partial charge in [0.15, 0.2) is 0 Å². The molecule has 0 saturated heterocycles. The zero-order valence-corrected chi connectivity index (χ0v) is 15.3. The van der Waals surface area contributed by atoms with Gasteiger partial charge in [-0.2, -0.15) is 0 Å². The lowest BCUT2D eigenvalue weighted by molar-refractivity contribution is -0.123. The van der Waals surface area contributed by atoms with Crippen molar-refractivity contribution < 1.29 is 0 Å². The Bertz CT molecular complexity index is 340. The van der Waals surface area contributed by atoms with Crippen molar-refractivity contribution in [2.45, 2.75) is 87.5 Å². The zero-order valence-electron chi connectivity index (χ0n) is 15.3. The molecule has 0 N–H and O–H groups in total. The van der Waals surface area contributed by atoms with Crippen LogP contribution in [0.25, 0.3) is 0 Å². The summed E-state index contributed by atoms with van der Waals surface area (Å²) in [7, 11) is 0. The molecule has 4 unspecified atom stereocenters. The van der Waals surface area contributed by atoms with E-state index >= 15 is 0 Å². The van der Waals surface area contributed by atoms with Gasteiger partial charge in [-0.15, -0.1) is 0 Å². The predicted molar refractivity (Wildman–Crippen MR) is 89.7 cm³/mol. The van der Waals surface area contributed by atoms with E-state index in [0.717, 1.165) is 23.7 Å². The van der Waals surface area contributed by atoms with Crippen molar-refractivity contribution in [3.8, 4) is 0 Å². The van der Waals surface area contributed by atoms with Gasteiger partial charge in [0.1, 0.15) is 0 Å². The molecule has 2 saturated carbocycles. The SMILES string of the molecule is CC1CC[C@@]2(C)C(CCC(C(C)(C)C)C2C(C)(C)C)C1. The highest BCUT2D eigenvalue weighted by molar-refractivity contribution is 5.04. The van der Waals surface area contributed by atoms with Gasteiger partial charge < -0.3 is 0 Å². The minimum atomic E-state index is 0.436. The van der Waals surface area contributed by atoms with Crippen LogP contribution in [0.2, 0.25) is 0 Å². The minimum Gasteiger partial charge on any atom is -0.0625 e. The molecule has 0 spiro atoms. The molecule has 2 rings (SSSR count). The molecule has 0 nitrogen and oxygen atoms in total. The fraction of sp³-hybridized carbons (Fsp3) is 1.00. The first kappa shape index (κ1) is 16.4. The van der Waals surface area contributed by atoms with Crippen molar-refractivity contribution in [3.63, 3.8) is 0 Å². The van der Waals surface area contributed by atoms with E-state index in [2.05, 4.69) is 55.4 Å². The van der Waals surface area contributed by atoms with Gasteiger partial charge in [-0.05, 0) is 65.6 Å². The van der Waals surface area contributed by atoms with Crippen LogP contribution in [0.5, 0.6) is 0 Å². The second-order valence-electron chi connectivity index (χ2n) is 10.5. The molecule has 2 fully saturated rings.